The molecule has 0 bridgehead atoms. The first kappa shape index (κ1) is 17.5. The molecule has 0 aromatic heterocycles. The molecule has 0 radical (unpaired) electrons. The van der Waals surface area contributed by atoms with E-state index in [1.54, 1.807) is 4.90 Å². The second-order valence-electron chi connectivity index (χ2n) is 6.42. The monoisotopic (exact) mass is 361 g/mol. The highest BCUT2D eigenvalue weighted by Gasteiger charge is 2.33. The summed E-state index contributed by atoms with van der Waals surface area (Å²) in [7, 11) is 4.03. The molecule has 0 N–H and O–H groups in total. The number of amides is 1. The van der Waals surface area contributed by atoms with E-state index in [0.717, 1.165) is 29.2 Å². The van der Waals surface area contributed by atoms with Crippen molar-refractivity contribution in [1.29, 1.82) is 0 Å². The highest BCUT2D eigenvalue weighted by Crippen LogP contribution is 2.33. The van der Waals surface area contributed by atoms with E-state index >= 15 is 0 Å². The molecule has 1 aromatic rings. The lowest BCUT2D eigenvalue weighted by Crippen LogP contribution is -2.42. The van der Waals surface area contributed by atoms with Gasteiger partial charge >= 0.3 is 0 Å². The maximum absolute atomic E-state index is 12.7. The van der Waals surface area contributed by atoms with Crippen LogP contribution in [-0.4, -0.2) is 53.9 Å². The normalized spacial score (nSPS) is 20.9. The van der Waals surface area contributed by atoms with E-state index in [0.29, 0.717) is 11.0 Å². The summed E-state index contributed by atoms with van der Waals surface area (Å²) in [6.07, 6.45) is 5.65. The lowest BCUT2D eigenvalue weighted by Gasteiger charge is -2.29. The Morgan fingerprint density at radius 3 is 2.46 bits per heavy atom. The largest absolute Gasteiger partial charge is 0.378 e. The average molecular weight is 362 g/mol. The molecular formula is C18H23N3OS2. The fraction of sp³-hybridized carbons (Fsp3) is 0.444. The van der Waals surface area contributed by atoms with Gasteiger partial charge in [0, 0.05) is 19.8 Å². The van der Waals surface area contributed by atoms with Gasteiger partial charge in [0.2, 0.25) is 0 Å². The standard InChI is InChI=1S/C18H23N3OS2/c1-19(2)15-8-6-14(7-9-15)12-16-17(22)21(18(23)24-16)13-20-10-4-3-5-11-20/h6-9,12H,3-5,10-11,13H2,1-2H3/b16-12+. The quantitative estimate of drug-likeness (QED) is 0.605. The number of hydrogen-bond acceptors (Lipinski definition) is 5. The van der Waals surface area contributed by atoms with Gasteiger partial charge in [0.25, 0.3) is 5.91 Å². The minimum absolute atomic E-state index is 0.0345. The summed E-state index contributed by atoms with van der Waals surface area (Å²) in [6, 6.07) is 8.18. The van der Waals surface area contributed by atoms with Crippen molar-refractivity contribution in [1.82, 2.24) is 9.80 Å². The number of thioether (sulfide) groups is 1. The number of thiocarbonyl (C=S) groups is 1. The van der Waals surface area contributed by atoms with Crippen LogP contribution >= 0.6 is 24.0 Å². The summed E-state index contributed by atoms with van der Waals surface area (Å²) in [6.45, 7) is 2.74. The molecule has 0 saturated carbocycles. The van der Waals surface area contributed by atoms with Crippen molar-refractivity contribution in [3.05, 3.63) is 34.7 Å². The van der Waals surface area contributed by atoms with Crippen LogP contribution in [0.5, 0.6) is 0 Å². The SMILES string of the molecule is CN(C)c1ccc(/C=C2/SC(=S)N(CN3CCCCC3)C2=O)cc1. The van der Waals surface area contributed by atoms with Gasteiger partial charge < -0.3 is 4.90 Å². The van der Waals surface area contributed by atoms with E-state index in [4.69, 9.17) is 12.2 Å². The van der Waals surface area contributed by atoms with Gasteiger partial charge in [-0.1, -0.05) is 42.5 Å². The predicted molar refractivity (Wildman–Crippen MR) is 106 cm³/mol. The van der Waals surface area contributed by atoms with E-state index in [1.807, 2.05) is 32.3 Å². The van der Waals surface area contributed by atoms with Gasteiger partial charge in [-0.05, 0) is 49.7 Å². The Kier molecular flexibility index (Phi) is 5.58. The van der Waals surface area contributed by atoms with Crippen LogP contribution in [0.15, 0.2) is 29.2 Å². The molecular weight excluding hydrogens is 338 g/mol. The molecule has 3 rings (SSSR count). The van der Waals surface area contributed by atoms with Crippen LogP contribution in [0, 0.1) is 0 Å². The van der Waals surface area contributed by atoms with Gasteiger partial charge in [-0.15, -0.1) is 0 Å². The molecule has 0 unspecified atom stereocenters. The molecule has 128 valence electrons. The van der Waals surface area contributed by atoms with Gasteiger partial charge in [0.05, 0.1) is 11.6 Å². The second-order valence-corrected chi connectivity index (χ2v) is 8.09. The van der Waals surface area contributed by atoms with Crippen molar-refractivity contribution < 1.29 is 4.79 Å². The van der Waals surface area contributed by atoms with Gasteiger partial charge in [-0.25, -0.2) is 0 Å². The van der Waals surface area contributed by atoms with Crippen LogP contribution in [0.3, 0.4) is 0 Å². The molecule has 0 spiro atoms. The highest BCUT2D eigenvalue weighted by molar-refractivity contribution is 8.26. The number of carbonyl (C=O) groups excluding carboxylic acids is 1. The summed E-state index contributed by atoms with van der Waals surface area (Å²) < 4.78 is 0.668. The summed E-state index contributed by atoms with van der Waals surface area (Å²) in [5.74, 6) is 0.0345. The molecule has 6 heteroatoms. The number of carbonyl (C=O) groups is 1. The zero-order chi connectivity index (χ0) is 17.1. The molecule has 4 nitrogen and oxygen atoms in total. The molecule has 0 aliphatic carbocycles. The van der Waals surface area contributed by atoms with Gasteiger partial charge in [-0.3, -0.25) is 14.6 Å². The summed E-state index contributed by atoms with van der Waals surface area (Å²) in [5, 5.41) is 0. The van der Waals surface area contributed by atoms with Crippen molar-refractivity contribution in [3.63, 3.8) is 0 Å². The van der Waals surface area contributed by atoms with E-state index in [2.05, 4.69) is 21.9 Å². The van der Waals surface area contributed by atoms with Gasteiger partial charge in [-0.2, -0.15) is 0 Å². The fourth-order valence-corrected chi connectivity index (χ4v) is 4.18. The summed E-state index contributed by atoms with van der Waals surface area (Å²) in [4.78, 5) is 19.5. The first-order valence-corrected chi connectivity index (χ1v) is 9.52. The number of likely N-dealkylation sites (tertiary alicyclic amines) is 1. The molecule has 2 aliphatic heterocycles. The third-order valence-electron chi connectivity index (χ3n) is 4.37. The van der Waals surface area contributed by atoms with Crippen molar-refractivity contribution >= 4 is 46.0 Å². The third kappa shape index (κ3) is 3.99. The fourth-order valence-electron chi connectivity index (χ4n) is 2.94. The van der Waals surface area contributed by atoms with Gasteiger partial charge in [0.15, 0.2) is 0 Å². The Balaban J connectivity index is 1.70. The van der Waals surface area contributed by atoms with Crippen molar-refractivity contribution in [2.75, 3.05) is 38.8 Å². The van der Waals surface area contributed by atoms with Gasteiger partial charge in [0.1, 0.15) is 4.32 Å². The number of hydrogen-bond donors (Lipinski definition) is 0. The van der Waals surface area contributed by atoms with Crippen LogP contribution in [0.25, 0.3) is 6.08 Å². The number of nitrogens with zero attached hydrogens (tertiary/aromatic N) is 3. The number of anilines is 1. The minimum atomic E-state index is 0.0345. The smallest absolute Gasteiger partial charge is 0.267 e. The molecule has 24 heavy (non-hydrogen) atoms. The van der Waals surface area contributed by atoms with E-state index in [1.165, 1.54) is 31.0 Å². The second kappa shape index (κ2) is 7.68. The lowest BCUT2D eigenvalue weighted by molar-refractivity contribution is -0.123. The van der Waals surface area contributed by atoms with Crippen LogP contribution in [-0.2, 0) is 4.79 Å². The molecule has 0 atom stereocenters. The van der Waals surface area contributed by atoms with Crippen molar-refractivity contribution in [2.24, 2.45) is 0 Å². The maximum Gasteiger partial charge on any atom is 0.267 e. The zero-order valence-electron chi connectivity index (χ0n) is 14.2. The minimum Gasteiger partial charge on any atom is -0.378 e. The summed E-state index contributed by atoms with van der Waals surface area (Å²) in [5.41, 5.74) is 2.17. The van der Waals surface area contributed by atoms with Crippen LogP contribution in [0.4, 0.5) is 5.69 Å². The molecule has 2 fully saturated rings. The molecule has 2 aliphatic rings. The Morgan fingerprint density at radius 1 is 1.17 bits per heavy atom. The van der Waals surface area contributed by atoms with Crippen LogP contribution < -0.4 is 4.90 Å². The Morgan fingerprint density at radius 2 is 1.83 bits per heavy atom. The first-order valence-electron chi connectivity index (χ1n) is 8.30. The predicted octanol–water partition coefficient (Wildman–Crippen LogP) is 3.40. The van der Waals surface area contributed by atoms with Crippen LogP contribution in [0.2, 0.25) is 0 Å². The summed E-state index contributed by atoms with van der Waals surface area (Å²) >= 11 is 6.84. The highest BCUT2D eigenvalue weighted by atomic mass is 32.2. The molecule has 2 saturated heterocycles. The Bertz CT molecular complexity index is 649. The Hall–Kier alpha value is -1.37. The first-order chi connectivity index (χ1) is 11.5. The van der Waals surface area contributed by atoms with Crippen LogP contribution in [0.1, 0.15) is 24.8 Å². The third-order valence-corrected chi connectivity index (χ3v) is 5.75. The average Bonchev–Trinajstić information content (AvgIpc) is 2.84. The maximum atomic E-state index is 12.7. The topological polar surface area (TPSA) is 26.8 Å². The molecule has 1 amide bonds. The number of benzene rings is 1. The van der Waals surface area contributed by atoms with E-state index in [9.17, 15) is 4.79 Å². The Labute approximate surface area is 153 Å². The zero-order valence-corrected chi connectivity index (χ0v) is 15.8. The van der Waals surface area contributed by atoms with E-state index < -0.39 is 0 Å². The molecule has 1 aromatic carbocycles. The number of rotatable bonds is 4. The van der Waals surface area contributed by atoms with Crippen molar-refractivity contribution in [3.8, 4) is 0 Å². The molecule has 2 heterocycles. The van der Waals surface area contributed by atoms with E-state index in [-0.39, 0.29) is 5.91 Å². The number of piperidine rings is 1. The van der Waals surface area contributed by atoms with Crippen molar-refractivity contribution in [2.45, 2.75) is 19.3 Å². The lowest BCUT2D eigenvalue weighted by atomic mass is 10.1.